The minimum atomic E-state index is 0.563. The highest BCUT2D eigenvalue weighted by Crippen LogP contribution is 2.38. The quantitative estimate of drug-likeness (QED) is 0.783. The third kappa shape index (κ3) is 4.14. The summed E-state index contributed by atoms with van der Waals surface area (Å²) in [6.07, 6.45) is 6.31. The Kier molecular flexibility index (Phi) is 4.65. The molecule has 0 unspecified atom stereocenters. The maximum atomic E-state index is 4.64. The number of anilines is 2. The third-order valence-corrected chi connectivity index (χ3v) is 4.21. The molecule has 0 saturated heterocycles. The van der Waals surface area contributed by atoms with Crippen LogP contribution >= 0.6 is 11.3 Å². The molecule has 2 N–H and O–H groups in total. The van der Waals surface area contributed by atoms with Gasteiger partial charge in [-0.1, -0.05) is 6.92 Å². The maximum absolute atomic E-state index is 4.64. The summed E-state index contributed by atoms with van der Waals surface area (Å²) >= 11 is 1.69. The van der Waals surface area contributed by atoms with Crippen molar-refractivity contribution in [2.75, 3.05) is 23.7 Å². The lowest BCUT2D eigenvalue weighted by Crippen LogP contribution is -2.10. The second kappa shape index (κ2) is 6.85. The summed E-state index contributed by atoms with van der Waals surface area (Å²) in [6.45, 7) is 3.95. The van der Waals surface area contributed by atoms with Crippen LogP contribution in [-0.2, 0) is 6.42 Å². The number of rotatable bonds is 8. The molecule has 5 nitrogen and oxygen atoms in total. The van der Waals surface area contributed by atoms with Crippen molar-refractivity contribution >= 4 is 23.0 Å². The van der Waals surface area contributed by atoms with Crippen molar-refractivity contribution in [3.63, 3.8) is 0 Å². The van der Waals surface area contributed by atoms with E-state index in [1.54, 1.807) is 11.3 Å². The van der Waals surface area contributed by atoms with E-state index in [1.165, 1.54) is 12.8 Å². The molecule has 0 spiro atoms. The zero-order valence-corrected chi connectivity index (χ0v) is 13.1. The first-order valence-corrected chi connectivity index (χ1v) is 8.48. The van der Waals surface area contributed by atoms with E-state index in [-0.39, 0.29) is 0 Å². The normalized spacial score (nSPS) is 14.1. The van der Waals surface area contributed by atoms with E-state index in [0.717, 1.165) is 48.4 Å². The summed E-state index contributed by atoms with van der Waals surface area (Å²) in [4.78, 5) is 13.6. The van der Waals surface area contributed by atoms with Crippen molar-refractivity contribution in [1.82, 2.24) is 15.0 Å². The van der Waals surface area contributed by atoms with Crippen molar-refractivity contribution in [3.05, 3.63) is 28.5 Å². The van der Waals surface area contributed by atoms with E-state index in [4.69, 9.17) is 0 Å². The first-order chi connectivity index (χ1) is 10.3. The van der Waals surface area contributed by atoms with Crippen LogP contribution in [0.2, 0.25) is 0 Å². The molecule has 112 valence electrons. The number of aromatic nitrogens is 3. The Balaban J connectivity index is 1.63. The highest BCUT2D eigenvalue weighted by molar-refractivity contribution is 7.09. The lowest BCUT2D eigenvalue weighted by atomic mass is 10.3. The van der Waals surface area contributed by atoms with Gasteiger partial charge >= 0.3 is 0 Å². The smallest absolute Gasteiger partial charge is 0.136 e. The molecule has 1 aliphatic carbocycles. The van der Waals surface area contributed by atoms with Gasteiger partial charge in [0.15, 0.2) is 0 Å². The fraction of sp³-hybridized carbons (Fsp3) is 0.533. The second-order valence-corrected chi connectivity index (χ2v) is 6.28. The summed E-state index contributed by atoms with van der Waals surface area (Å²) in [7, 11) is 0. The molecule has 6 heteroatoms. The molecule has 0 aromatic carbocycles. The van der Waals surface area contributed by atoms with Crippen LogP contribution in [-0.4, -0.2) is 28.0 Å². The van der Waals surface area contributed by atoms with Crippen LogP contribution in [0.4, 0.5) is 11.6 Å². The number of nitrogens with zero attached hydrogens (tertiary/aromatic N) is 3. The van der Waals surface area contributed by atoms with Gasteiger partial charge in [0.05, 0.1) is 5.01 Å². The summed E-state index contributed by atoms with van der Waals surface area (Å²) in [5.41, 5.74) is 0. The molecule has 0 aliphatic heterocycles. The minimum absolute atomic E-state index is 0.563. The molecular formula is C15H21N5S. The zero-order valence-electron chi connectivity index (χ0n) is 12.3. The van der Waals surface area contributed by atoms with Crippen LogP contribution in [0, 0.1) is 0 Å². The largest absolute Gasteiger partial charge is 0.370 e. The van der Waals surface area contributed by atoms with Crippen molar-refractivity contribution in [2.24, 2.45) is 0 Å². The summed E-state index contributed by atoms with van der Waals surface area (Å²) in [6, 6.07) is 2.00. The van der Waals surface area contributed by atoms with Gasteiger partial charge in [0.25, 0.3) is 0 Å². The van der Waals surface area contributed by atoms with Gasteiger partial charge in [-0.05, 0) is 19.3 Å². The number of nitrogens with one attached hydrogen (secondary N) is 2. The van der Waals surface area contributed by atoms with Gasteiger partial charge in [-0.15, -0.1) is 11.3 Å². The van der Waals surface area contributed by atoms with Gasteiger partial charge in [-0.3, -0.25) is 0 Å². The molecule has 1 fully saturated rings. The topological polar surface area (TPSA) is 62.7 Å². The van der Waals surface area contributed by atoms with Crippen LogP contribution in [0.3, 0.4) is 0 Å². The third-order valence-electron chi connectivity index (χ3n) is 3.37. The number of thiazole rings is 1. The molecule has 3 rings (SSSR count). The predicted octanol–water partition coefficient (Wildman–Crippen LogP) is 3.29. The Morgan fingerprint density at radius 3 is 2.57 bits per heavy atom. The van der Waals surface area contributed by atoms with E-state index in [0.29, 0.717) is 5.92 Å². The lowest BCUT2D eigenvalue weighted by Gasteiger charge is -2.10. The van der Waals surface area contributed by atoms with Gasteiger partial charge in [0.2, 0.25) is 0 Å². The van der Waals surface area contributed by atoms with Crippen LogP contribution in [0.1, 0.15) is 42.9 Å². The molecular weight excluding hydrogens is 282 g/mol. The molecule has 0 bridgehead atoms. The van der Waals surface area contributed by atoms with Crippen molar-refractivity contribution in [1.29, 1.82) is 0 Å². The molecule has 21 heavy (non-hydrogen) atoms. The average molecular weight is 303 g/mol. The fourth-order valence-electron chi connectivity index (χ4n) is 2.10. The van der Waals surface area contributed by atoms with Gasteiger partial charge < -0.3 is 10.6 Å². The molecule has 2 aromatic heterocycles. The summed E-state index contributed by atoms with van der Waals surface area (Å²) < 4.78 is 0. The lowest BCUT2D eigenvalue weighted by molar-refractivity contribution is 0.900. The van der Waals surface area contributed by atoms with Gasteiger partial charge in [0, 0.05) is 43.1 Å². The Hall–Kier alpha value is -1.69. The average Bonchev–Trinajstić information content (AvgIpc) is 3.23. The van der Waals surface area contributed by atoms with E-state index in [2.05, 4.69) is 32.5 Å². The maximum Gasteiger partial charge on any atom is 0.136 e. The van der Waals surface area contributed by atoms with Gasteiger partial charge in [0.1, 0.15) is 17.5 Å². The van der Waals surface area contributed by atoms with Gasteiger partial charge in [-0.2, -0.15) is 0 Å². The molecule has 2 aromatic rings. The molecule has 1 saturated carbocycles. The standard InChI is InChI=1S/C15H21N5S/c1-2-6-16-12-10-13(20-15(19-12)11-3-4-11)17-7-5-14-18-8-9-21-14/h8-11H,2-7H2,1H3,(H2,16,17,19,20). The molecule has 0 atom stereocenters. The number of hydrogen-bond donors (Lipinski definition) is 2. The molecule has 0 amide bonds. The highest BCUT2D eigenvalue weighted by atomic mass is 32.1. The van der Waals surface area contributed by atoms with E-state index in [1.807, 2.05) is 17.6 Å². The zero-order chi connectivity index (χ0) is 14.5. The van der Waals surface area contributed by atoms with E-state index < -0.39 is 0 Å². The first-order valence-electron chi connectivity index (χ1n) is 7.60. The van der Waals surface area contributed by atoms with E-state index in [9.17, 15) is 0 Å². The van der Waals surface area contributed by atoms with Gasteiger partial charge in [-0.25, -0.2) is 15.0 Å². The molecule has 0 radical (unpaired) electrons. The van der Waals surface area contributed by atoms with Crippen LogP contribution in [0.25, 0.3) is 0 Å². The highest BCUT2D eigenvalue weighted by Gasteiger charge is 2.27. The van der Waals surface area contributed by atoms with Crippen molar-refractivity contribution < 1.29 is 0 Å². The SMILES string of the molecule is CCCNc1cc(NCCc2nccs2)nc(C2CC2)n1. The Morgan fingerprint density at radius 2 is 1.95 bits per heavy atom. The first kappa shape index (κ1) is 14.3. The van der Waals surface area contributed by atoms with Crippen molar-refractivity contribution in [3.8, 4) is 0 Å². The monoisotopic (exact) mass is 303 g/mol. The van der Waals surface area contributed by atoms with Crippen LogP contribution in [0.15, 0.2) is 17.6 Å². The fourth-order valence-corrected chi connectivity index (χ4v) is 2.72. The molecule has 1 aliphatic rings. The summed E-state index contributed by atoms with van der Waals surface area (Å²) in [5, 5.41) is 9.93. The second-order valence-electron chi connectivity index (χ2n) is 5.30. The Labute approximate surface area is 129 Å². The van der Waals surface area contributed by atoms with Crippen LogP contribution in [0.5, 0.6) is 0 Å². The number of hydrogen-bond acceptors (Lipinski definition) is 6. The Morgan fingerprint density at radius 1 is 1.19 bits per heavy atom. The molecule has 2 heterocycles. The van der Waals surface area contributed by atoms with Crippen LogP contribution < -0.4 is 10.6 Å². The predicted molar refractivity (Wildman–Crippen MR) is 87.1 cm³/mol. The van der Waals surface area contributed by atoms with Crippen molar-refractivity contribution in [2.45, 2.75) is 38.5 Å². The summed E-state index contributed by atoms with van der Waals surface area (Å²) in [5.74, 6) is 3.40. The Bertz CT molecular complexity index is 565. The minimum Gasteiger partial charge on any atom is -0.370 e. The van der Waals surface area contributed by atoms with E-state index >= 15 is 0 Å².